The summed E-state index contributed by atoms with van der Waals surface area (Å²) in [5.41, 5.74) is 1.92. The van der Waals surface area contributed by atoms with E-state index >= 15 is 0 Å². The van der Waals surface area contributed by atoms with E-state index in [-0.39, 0.29) is 12.0 Å². The lowest BCUT2D eigenvalue weighted by molar-refractivity contribution is -0.148. The molecule has 2 unspecified atom stereocenters. The van der Waals surface area contributed by atoms with Crippen molar-refractivity contribution in [3.63, 3.8) is 0 Å². The fourth-order valence-corrected chi connectivity index (χ4v) is 3.40. The molecular weight excluding hydrogens is 266 g/mol. The van der Waals surface area contributed by atoms with E-state index in [0.29, 0.717) is 6.42 Å². The van der Waals surface area contributed by atoms with Crippen molar-refractivity contribution in [3.8, 4) is 0 Å². The number of ether oxygens (including phenoxy) is 1. The van der Waals surface area contributed by atoms with Crippen LogP contribution in [0.4, 0.5) is 0 Å². The van der Waals surface area contributed by atoms with Crippen LogP contribution in [0.2, 0.25) is 0 Å². The molecule has 21 heavy (non-hydrogen) atoms. The summed E-state index contributed by atoms with van der Waals surface area (Å²) in [5.74, 6) is -0.204. The van der Waals surface area contributed by atoms with Crippen molar-refractivity contribution in [2.24, 2.45) is 0 Å². The lowest BCUT2D eigenvalue weighted by atomic mass is 9.92. The van der Waals surface area contributed by atoms with E-state index in [2.05, 4.69) is 21.8 Å². The highest BCUT2D eigenvalue weighted by Gasteiger charge is 2.36. The minimum Gasteiger partial charge on any atom is -0.468 e. The van der Waals surface area contributed by atoms with Gasteiger partial charge in [-0.1, -0.05) is 6.92 Å². The molecule has 0 bridgehead atoms. The van der Waals surface area contributed by atoms with Gasteiger partial charge in [-0.2, -0.15) is 0 Å². The van der Waals surface area contributed by atoms with E-state index in [1.165, 1.54) is 31.3 Å². The van der Waals surface area contributed by atoms with Crippen molar-refractivity contribution in [3.05, 3.63) is 17.7 Å². The van der Waals surface area contributed by atoms with Crippen LogP contribution in [-0.2, 0) is 22.4 Å². The van der Waals surface area contributed by atoms with Gasteiger partial charge in [-0.05, 0) is 52.5 Å². The summed E-state index contributed by atoms with van der Waals surface area (Å²) < 4.78 is 7.22. The first-order valence-electron chi connectivity index (χ1n) is 7.90. The van der Waals surface area contributed by atoms with Gasteiger partial charge < -0.3 is 14.6 Å². The van der Waals surface area contributed by atoms with Crippen LogP contribution in [0.3, 0.4) is 0 Å². The van der Waals surface area contributed by atoms with Gasteiger partial charge in [0.1, 0.15) is 5.54 Å². The van der Waals surface area contributed by atoms with Gasteiger partial charge in [0, 0.05) is 11.7 Å². The monoisotopic (exact) mass is 293 g/mol. The maximum absolute atomic E-state index is 12.1. The van der Waals surface area contributed by atoms with Crippen LogP contribution in [0, 0.1) is 0 Å². The molecule has 0 saturated heterocycles. The van der Waals surface area contributed by atoms with E-state index < -0.39 is 5.54 Å². The third-order valence-corrected chi connectivity index (χ3v) is 4.44. The largest absolute Gasteiger partial charge is 0.468 e. The summed E-state index contributed by atoms with van der Waals surface area (Å²) in [6.45, 7) is 6.81. The zero-order valence-corrected chi connectivity index (χ0v) is 13.6. The molecular formula is C16H27N3O2. The van der Waals surface area contributed by atoms with Gasteiger partial charge in [0.25, 0.3) is 0 Å². The molecule has 1 aromatic rings. The Morgan fingerprint density at radius 1 is 1.52 bits per heavy atom. The fourth-order valence-electron chi connectivity index (χ4n) is 3.40. The van der Waals surface area contributed by atoms with E-state index in [0.717, 1.165) is 19.4 Å². The van der Waals surface area contributed by atoms with E-state index in [9.17, 15) is 4.79 Å². The highest BCUT2D eigenvalue weighted by molar-refractivity contribution is 5.80. The molecule has 0 saturated carbocycles. The normalized spacial score (nSPS) is 18.7. The molecule has 1 N–H and O–H groups in total. The molecule has 0 amide bonds. The molecule has 5 heteroatoms. The van der Waals surface area contributed by atoms with Crippen molar-refractivity contribution in [2.75, 3.05) is 13.7 Å². The molecule has 5 nitrogen and oxygen atoms in total. The first-order chi connectivity index (χ1) is 10.0. The van der Waals surface area contributed by atoms with Crippen LogP contribution in [0.1, 0.15) is 57.5 Å². The molecule has 1 aliphatic rings. The second kappa shape index (κ2) is 6.60. The van der Waals surface area contributed by atoms with E-state index in [1.807, 2.05) is 20.2 Å². The zero-order chi connectivity index (χ0) is 15.5. The van der Waals surface area contributed by atoms with Crippen LogP contribution >= 0.6 is 0 Å². The lowest BCUT2D eigenvalue weighted by Gasteiger charge is -2.31. The second-order valence-corrected chi connectivity index (χ2v) is 6.16. The molecule has 0 spiro atoms. The summed E-state index contributed by atoms with van der Waals surface area (Å²) in [6.07, 6.45) is 7.26. The Labute approximate surface area is 127 Å². The van der Waals surface area contributed by atoms with Crippen LogP contribution in [-0.4, -0.2) is 34.7 Å². The predicted octanol–water partition coefficient (Wildman–Crippen LogP) is 2.25. The van der Waals surface area contributed by atoms with Gasteiger partial charge in [0.15, 0.2) is 0 Å². The number of nitrogens with one attached hydrogen (secondary N) is 1. The standard InChI is InChI=1S/C16H27N3O2/c1-5-18-16(3,15(20)21-4)10-12(2)19-11-17-13-8-6-7-9-14(13)19/h11-12,18H,5-10H2,1-4H3. The minimum absolute atomic E-state index is 0.204. The Morgan fingerprint density at radius 3 is 2.90 bits per heavy atom. The number of methoxy groups -OCH3 is 1. The number of hydrogen-bond donors (Lipinski definition) is 1. The van der Waals surface area contributed by atoms with Gasteiger partial charge in [0.05, 0.1) is 19.1 Å². The number of fused-ring (bicyclic) bond motifs is 1. The number of likely N-dealkylation sites (N-methyl/N-ethyl adjacent to an activating group) is 1. The van der Waals surface area contributed by atoms with Gasteiger partial charge in [-0.3, -0.25) is 4.79 Å². The molecule has 2 rings (SSSR count). The Balaban J connectivity index is 2.17. The second-order valence-electron chi connectivity index (χ2n) is 6.16. The summed E-state index contributed by atoms with van der Waals surface area (Å²) in [6, 6.07) is 0.211. The number of aromatic nitrogens is 2. The van der Waals surface area contributed by atoms with Crippen LogP contribution in [0.25, 0.3) is 0 Å². The number of esters is 1. The average molecular weight is 293 g/mol. The van der Waals surface area contributed by atoms with Gasteiger partial charge >= 0.3 is 5.97 Å². The van der Waals surface area contributed by atoms with Gasteiger partial charge in [-0.15, -0.1) is 0 Å². The summed E-state index contributed by atoms with van der Waals surface area (Å²) in [5, 5.41) is 3.27. The third kappa shape index (κ3) is 3.28. The molecule has 1 heterocycles. The molecule has 2 atom stereocenters. The quantitative estimate of drug-likeness (QED) is 0.817. The first-order valence-corrected chi connectivity index (χ1v) is 7.90. The van der Waals surface area contributed by atoms with Crippen molar-refractivity contribution in [1.82, 2.24) is 14.9 Å². The minimum atomic E-state index is -0.658. The number of hydrogen-bond acceptors (Lipinski definition) is 4. The number of nitrogens with zero attached hydrogens (tertiary/aromatic N) is 2. The smallest absolute Gasteiger partial charge is 0.325 e. The molecule has 0 fully saturated rings. The highest BCUT2D eigenvalue weighted by atomic mass is 16.5. The summed E-state index contributed by atoms with van der Waals surface area (Å²) in [4.78, 5) is 16.7. The van der Waals surface area contributed by atoms with Gasteiger partial charge in [0.2, 0.25) is 0 Å². The summed E-state index contributed by atoms with van der Waals surface area (Å²) in [7, 11) is 1.45. The van der Waals surface area contributed by atoms with Crippen LogP contribution < -0.4 is 5.32 Å². The number of carbonyl (C=O) groups excluding carboxylic acids is 1. The van der Waals surface area contributed by atoms with Crippen molar-refractivity contribution >= 4 is 5.97 Å². The average Bonchev–Trinajstić information content (AvgIpc) is 2.90. The summed E-state index contributed by atoms with van der Waals surface area (Å²) >= 11 is 0. The van der Waals surface area contributed by atoms with Crippen LogP contribution in [0.5, 0.6) is 0 Å². The molecule has 1 aromatic heterocycles. The maximum atomic E-state index is 12.1. The highest BCUT2D eigenvalue weighted by Crippen LogP contribution is 2.27. The Bertz CT molecular complexity index is 498. The topological polar surface area (TPSA) is 56.2 Å². The molecule has 0 aliphatic heterocycles. The van der Waals surface area contributed by atoms with E-state index in [1.54, 1.807) is 0 Å². The number of rotatable bonds is 6. The molecule has 1 aliphatic carbocycles. The maximum Gasteiger partial charge on any atom is 0.325 e. The van der Waals surface area contributed by atoms with Crippen molar-refractivity contribution < 1.29 is 9.53 Å². The number of carbonyl (C=O) groups is 1. The molecule has 118 valence electrons. The van der Waals surface area contributed by atoms with E-state index in [4.69, 9.17) is 4.74 Å². The predicted molar refractivity (Wildman–Crippen MR) is 82.3 cm³/mol. The Kier molecular flexibility index (Phi) is 5.04. The number of imidazole rings is 1. The van der Waals surface area contributed by atoms with Crippen molar-refractivity contribution in [1.29, 1.82) is 0 Å². The Morgan fingerprint density at radius 2 is 2.24 bits per heavy atom. The van der Waals surface area contributed by atoms with Crippen LogP contribution in [0.15, 0.2) is 6.33 Å². The SMILES string of the molecule is CCNC(C)(CC(C)n1cnc2c1CCCC2)C(=O)OC. The fraction of sp³-hybridized carbons (Fsp3) is 0.750. The van der Waals surface area contributed by atoms with Crippen molar-refractivity contribution in [2.45, 2.75) is 64.5 Å². The Hall–Kier alpha value is -1.36. The third-order valence-electron chi connectivity index (χ3n) is 4.44. The molecule has 0 aromatic carbocycles. The lowest BCUT2D eigenvalue weighted by Crippen LogP contribution is -2.51. The first kappa shape index (κ1) is 16.0. The zero-order valence-electron chi connectivity index (χ0n) is 13.6. The van der Waals surface area contributed by atoms with Gasteiger partial charge in [-0.25, -0.2) is 4.98 Å². The number of aryl methyl sites for hydroxylation is 1. The molecule has 0 radical (unpaired) electrons.